The van der Waals surface area contributed by atoms with Crippen LogP contribution in [0.25, 0.3) is 73.5 Å². The van der Waals surface area contributed by atoms with Crippen LogP contribution in [-0.4, -0.2) is 46.5 Å². The highest BCUT2D eigenvalue weighted by Crippen LogP contribution is 2.45. The summed E-state index contributed by atoms with van der Waals surface area (Å²) in [5.74, 6) is -0.275. The summed E-state index contributed by atoms with van der Waals surface area (Å²) in [4.78, 5) is 40.5. The van der Waals surface area contributed by atoms with Crippen LogP contribution in [0.3, 0.4) is 0 Å². The number of anilines is 2. The molecule has 0 spiro atoms. The van der Waals surface area contributed by atoms with Crippen LogP contribution in [0.15, 0.2) is 150 Å². The average molecular weight is 928 g/mol. The normalized spacial score (nSPS) is 12.4. The van der Waals surface area contributed by atoms with E-state index in [-0.39, 0.29) is 23.3 Å². The summed E-state index contributed by atoms with van der Waals surface area (Å²) in [6.07, 6.45) is -0.522. The topological polar surface area (TPSA) is 160 Å². The molecule has 11 nitrogen and oxygen atoms in total. The summed E-state index contributed by atoms with van der Waals surface area (Å²) < 4.78 is 42.1. The Morgan fingerprint density at radius 3 is 1.77 bits per heavy atom. The number of hydrogen-bond acceptors (Lipinski definition) is 11. The number of nitrogens with one attached hydrogen (secondary N) is 2. The number of amides is 2. The van der Waals surface area contributed by atoms with E-state index in [1.165, 1.54) is 45.1 Å². The lowest BCUT2D eigenvalue weighted by atomic mass is 9.98. The van der Waals surface area contributed by atoms with Gasteiger partial charge in [0, 0.05) is 39.5 Å². The monoisotopic (exact) mass is 927 g/mol. The highest BCUT2D eigenvalue weighted by atomic mass is 32.2. The molecule has 0 aliphatic heterocycles. The molecule has 0 atom stereocenters. The number of aryl methyl sites for hydroxylation is 1. The van der Waals surface area contributed by atoms with Crippen molar-refractivity contribution in [3.05, 3.63) is 168 Å². The number of benzene rings is 7. The lowest BCUT2D eigenvalue weighted by Crippen LogP contribution is -2.17. The van der Waals surface area contributed by atoms with Gasteiger partial charge in [0.05, 0.1) is 30.6 Å². The molecule has 2 amide bonds. The van der Waals surface area contributed by atoms with E-state index in [1.54, 1.807) is 25.1 Å². The minimum Gasteiger partial charge on any atom is -0.448 e. The Bertz CT molecular complexity index is 3610. The molecule has 0 fully saturated rings. The van der Waals surface area contributed by atoms with Crippen LogP contribution < -0.4 is 10.6 Å². The molecule has 3 N–H and O–H groups in total. The van der Waals surface area contributed by atoms with Crippen LogP contribution in [0.2, 0.25) is 0 Å². The fourth-order valence-electron chi connectivity index (χ4n) is 8.23. The van der Waals surface area contributed by atoms with Gasteiger partial charge in [-0.2, -0.15) is 8.42 Å². The zero-order valence-electron chi connectivity index (χ0n) is 34.1. The number of hydrogen-bond donors (Lipinski definition) is 3. The third-order valence-corrected chi connectivity index (χ3v) is 15.8. The number of aromatic nitrogens is 3. The first-order chi connectivity index (χ1) is 31.5. The fourth-order valence-corrected chi connectivity index (χ4v) is 12.6. The Balaban J connectivity index is 0.727. The quantitative estimate of drug-likeness (QED) is 0.120. The lowest BCUT2D eigenvalue weighted by molar-refractivity contribution is 0.102. The maximum absolute atomic E-state index is 13.4. The molecule has 0 saturated carbocycles. The van der Waals surface area contributed by atoms with Crippen LogP contribution in [0.4, 0.5) is 16.2 Å². The third-order valence-electron chi connectivity index (χ3n) is 11.4. The summed E-state index contributed by atoms with van der Waals surface area (Å²) >= 11 is 4.22. The fraction of sp³-hybridized carbons (Fsp3) is 0.0600. The van der Waals surface area contributed by atoms with Gasteiger partial charge in [-0.3, -0.25) is 14.7 Å². The van der Waals surface area contributed by atoms with Crippen LogP contribution in [0.1, 0.15) is 33.0 Å². The number of ether oxygens (including phenoxy) is 1. The molecular formula is C50H33N5O6S4. The molecule has 1 aliphatic rings. The van der Waals surface area contributed by atoms with Crippen molar-refractivity contribution < 1.29 is 27.3 Å². The highest BCUT2D eigenvalue weighted by molar-refractivity contribution is 7.86. The number of rotatable bonds is 9. The summed E-state index contributed by atoms with van der Waals surface area (Å²) in [6.45, 7) is 1.88. The van der Waals surface area contributed by atoms with E-state index in [9.17, 15) is 22.6 Å². The summed E-state index contributed by atoms with van der Waals surface area (Å²) in [7, 11) is -4.42. The van der Waals surface area contributed by atoms with E-state index in [0.717, 1.165) is 58.3 Å². The van der Waals surface area contributed by atoms with Crippen molar-refractivity contribution in [1.82, 2.24) is 15.0 Å². The van der Waals surface area contributed by atoms with E-state index < -0.39 is 16.2 Å². The van der Waals surface area contributed by atoms with Crippen LogP contribution in [0.5, 0.6) is 0 Å². The van der Waals surface area contributed by atoms with E-state index in [4.69, 9.17) is 14.7 Å². The maximum Gasteiger partial charge on any atom is 0.411 e. The number of carbonyl (C=O) groups is 2. The van der Waals surface area contributed by atoms with Gasteiger partial charge in [0.25, 0.3) is 16.0 Å². The van der Waals surface area contributed by atoms with Crippen LogP contribution in [-0.2, 0) is 14.9 Å². The Kier molecular flexibility index (Phi) is 10.1. The van der Waals surface area contributed by atoms with Crippen molar-refractivity contribution in [1.29, 1.82) is 0 Å². The molecule has 15 heteroatoms. The molecule has 7 aromatic carbocycles. The molecule has 1 aliphatic carbocycles. The van der Waals surface area contributed by atoms with E-state index in [2.05, 4.69) is 39.9 Å². The van der Waals surface area contributed by atoms with E-state index in [0.29, 0.717) is 37.7 Å². The van der Waals surface area contributed by atoms with Crippen LogP contribution >= 0.6 is 34.0 Å². The van der Waals surface area contributed by atoms with Gasteiger partial charge in [-0.1, -0.05) is 54.6 Å². The van der Waals surface area contributed by atoms with Gasteiger partial charge >= 0.3 is 6.09 Å². The van der Waals surface area contributed by atoms with Crippen molar-refractivity contribution in [2.24, 2.45) is 0 Å². The molecule has 10 aromatic rings. The molecule has 0 bridgehead atoms. The predicted molar refractivity (Wildman–Crippen MR) is 260 cm³/mol. The Hall–Kier alpha value is -7.14. The Morgan fingerprint density at radius 1 is 0.615 bits per heavy atom. The largest absolute Gasteiger partial charge is 0.448 e. The second-order valence-corrected chi connectivity index (χ2v) is 19.9. The standard InChI is InChI=1S/C50H33N5O6S4/c1-27-10-21-41-44(45(27)65(58,59)60)64-49(55-41)31-16-23-40-43(25-31)63-48(54-40)28-11-17-32(18-12-28)51-46(56)30-15-22-39-42(24-30)62-47(53-39)29-13-19-33(20-14-29)52-50(57)61-26-38-36-8-4-2-6-34(36)35-7-3-5-9-37(35)38/h2-25,38H,26H2,1H3,(H,51,56)(H,52,57)(H,58,59,60). The van der Waals surface area contributed by atoms with Gasteiger partial charge in [-0.25, -0.2) is 19.7 Å². The van der Waals surface area contributed by atoms with Gasteiger partial charge in [0.1, 0.15) is 26.5 Å². The van der Waals surface area contributed by atoms with Gasteiger partial charge in [-0.15, -0.1) is 34.0 Å². The highest BCUT2D eigenvalue weighted by Gasteiger charge is 2.29. The molecule has 0 saturated heterocycles. The third kappa shape index (κ3) is 7.72. The number of fused-ring (bicyclic) bond motifs is 6. The first kappa shape index (κ1) is 40.6. The summed E-state index contributed by atoms with van der Waals surface area (Å²) in [6, 6.07) is 46.0. The second-order valence-electron chi connectivity index (χ2n) is 15.5. The SMILES string of the molecule is Cc1ccc2nc(-c3ccc4nc(-c5ccc(NC(=O)c6ccc7nc(-c8ccc(NC(=O)OCC9c%10ccccc%10-c%10ccccc%109)cc8)sc7c6)cc5)sc4c3)sc2c1S(=O)(=O)O. The minimum atomic E-state index is -4.42. The number of thiazole rings is 3. The van der Waals surface area contributed by atoms with Crippen molar-refractivity contribution in [2.75, 3.05) is 17.2 Å². The molecular weight excluding hydrogens is 895 g/mol. The zero-order valence-corrected chi connectivity index (χ0v) is 37.4. The van der Waals surface area contributed by atoms with Crippen molar-refractivity contribution in [3.8, 4) is 42.8 Å². The van der Waals surface area contributed by atoms with Gasteiger partial charge in [0.15, 0.2) is 0 Å². The van der Waals surface area contributed by atoms with Crippen LogP contribution in [0, 0.1) is 6.92 Å². The molecule has 65 heavy (non-hydrogen) atoms. The number of nitrogens with zero attached hydrogens (tertiary/aromatic N) is 3. The van der Waals surface area contributed by atoms with Gasteiger partial charge < -0.3 is 10.1 Å². The molecule has 3 aromatic heterocycles. The lowest BCUT2D eigenvalue weighted by Gasteiger charge is -2.14. The average Bonchev–Trinajstić information content (AvgIpc) is 4.11. The maximum atomic E-state index is 13.4. The molecule has 3 heterocycles. The first-order valence-corrected chi connectivity index (χ1v) is 24.2. The molecule has 0 unspecified atom stereocenters. The minimum absolute atomic E-state index is 0.0243. The zero-order chi connectivity index (χ0) is 44.4. The van der Waals surface area contributed by atoms with Gasteiger partial charge in [0.2, 0.25) is 0 Å². The van der Waals surface area contributed by atoms with Crippen molar-refractivity contribution in [2.45, 2.75) is 17.7 Å². The second kappa shape index (κ2) is 16.1. The number of carbonyl (C=O) groups excluding carboxylic acids is 2. The molecule has 0 radical (unpaired) electrons. The van der Waals surface area contributed by atoms with E-state index >= 15 is 0 Å². The van der Waals surface area contributed by atoms with Crippen molar-refractivity contribution >= 4 is 98.2 Å². The Labute approximate surface area is 383 Å². The van der Waals surface area contributed by atoms with Crippen molar-refractivity contribution in [3.63, 3.8) is 0 Å². The molecule has 11 rings (SSSR count). The predicted octanol–water partition coefficient (Wildman–Crippen LogP) is 12.7. The summed E-state index contributed by atoms with van der Waals surface area (Å²) in [5.41, 5.74) is 11.5. The van der Waals surface area contributed by atoms with Gasteiger partial charge in [-0.05, 0) is 126 Å². The summed E-state index contributed by atoms with van der Waals surface area (Å²) in [5, 5.41) is 8.07. The first-order valence-electron chi connectivity index (χ1n) is 20.4. The Morgan fingerprint density at radius 2 is 1.14 bits per heavy atom. The van der Waals surface area contributed by atoms with E-state index in [1.807, 2.05) is 103 Å². The molecule has 318 valence electrons. The smallest absolute Gasteiger partial charge is 0.411 e.